The first-order chi connectivity index (χ1) is 7.78. The zero-order valence-corrected chi connectivity index (χ0v) is 10.6. The largest absolute Gasteiger partial charge is 0.407 e. The van der Waals surface area contributed by atoms with Crippen LogP contribution in [0.4, 0.5) is 6.01 Å². The summed E-state index contributed by atoms with van der Waals surface area (Å²) in [7, 11) is 0. The number of rotatable bonds is 7. The fourth-order valence-corrected chi connectivity index (χ4v) is 2.18. The third-order valence-corrected chi connectivity index (χ3v) is 4.21. The van der Waals surface area contributed by atoms with Gasteiger partial charge in [0, 0.05) is 11.3 Å². The lowest BCUT2D eigenvalue weighted by atomic mass is 10.4. The molecule has 0 aliphatic heterocycles. The van der Waals surface area contributed by atoms with E-state index in [2.05, 4.69) is 27.1 Å². The fourth-order valence-electron chi connectivity index (χ4n) is 1.46. The highest BCUT2D eigenvalue weighted by Crippen LogP contribution is 2.46. The molecule has 1 aromatic rings. The average Bonchev–Trinajstić information content (AvgIpc) is 2.96. The van der Waals surface area contributed by atoms with E-state index in [4.69, 9.17) is 4.42 Å². The number of aromatic nitrogens is 2. The van der Waals surface area contributed by atoms with Gasteiger partial charge in [0.05, 0.1) is 6.54 Å². The second-order valence-electron chi connectivity index (χ2n) is 4.02. The number of thioether (sulfide) groups is 1. The van der Waals surface area contributed by atoms with Gasteiger partial charge in [-0.25, -0.2) is 0 Å². The van der Waals surface area contributed by atoms with Crippen molar-refractivity contribution in [1.29, 1.82) is 0 Å². The van der Waals surface area contributed by atoms with E-state index in [0.29, 0.717) is 23.2 Å². The average molecular weight is 242 g/mol. The van der Waals surface area contributed by atoms with Gasteiger partial charge in [0.25, 0.3) is 0 Å². The Hall–Kier alpha value is -0.750. The van der Waals surface area contributed by atoms with Crippen molar-refractivity contribution < 1.29 is 4.42 Å². The summed E-state index contributed by atoms with van der Waals surface area (Å²) in [6.07, 6.45) is 4.71. The number of nitrogens with one attached hydrogen (secondary N) is 2. The zero-order chi connectivity index (χ0) is 11.4. The molecule has 5 nitrogen and oxygen atoms in total. The van der Waals surface area contributed by atoms with Crippen LogP contribution >= 0.6 is 11.8 Å². The highest BCUT2D eigenvalue weighted by atomic mass is 32.2. The second kappa shape index (κ2) is 5.05. The molecule has 0 amide bonds. The summed E-state index contributed by atoms with van der Waals surface area (Å²) in [5, 5.41) is 14.3. The monoisotopic (exact) mass is 242 g/mol. The summed E-state index contributed by atoms with van der Waals surface area (Å²) in [4.78, 5) is 0. The van der Waals surface area contributed by atoms with Crippen molar-refractivity contribution in [3.05, 3.63) is 5.89 Å². The van der Waals surface area contributed by atoms with Crippen LogP contribution in [0.5, 0.6) is 0 Å². The molecule has 1 aromatic heterocycles. The van der Waals surface area contributed by atoms with E-state index in [0.717, 1.165) is 13.1 Å². The Bertz CT molecular complexity index is 337. The molecule has 0 atom stereocenters. The van der Waals surface area contributed by atoms with Gasteiger partial charge < -0.3 is 15.1 Å². The molecule has 2 rings (SSSR count). The quantitative estimate of drug-likeness (QED) is 0.755. The van der Waals surface area contributed by atoms with Gasteiger partial charge in [-0.2, -0.15) is 11.8 Å². The Morgan fingerprint density at radius 2 is 2.25 bits per heavy atom. The van der Waals surface area contributed by atoms with Crippen LogP contribution in [0.25, 0.3) is 0 Å². The Morgan fingerprint density at radius 3 is 2.88 bits per heavy atom. The Kier molecular flexibility index (Phi) is 3.70. The van der Waals surface area contributed by atoms with Crippen LogP contribution in [-0.2, 0) is 6.54 Å². The highest BCUT2D eigenvalue weighted by Gasteiger charge is 2.41. The van der Waals surface area contributed by atoms with Crippen molar-refractivity contribution in [1.82, 2.24) is 15.5 Å². The molecular formula is C10H18N4OS. The third-order valence-electron chi connectivity index (χ3n) is 2.80. The van der Waals surface area contributed by atoms with Crippen molar-refractivity contribution in [2.45, 2.75) is 31.1 Å². The van der Waals surface area contributed by atoms with Crippen molar-refractivity contribution in [2.75, 3.05) is 24.7 Å². The van der Waals surface area contributed by atoms with Gasteiger partial charge in [0.1, 0.15) is 0 Å². The minimum Gasteiger partial charge on any atom is -0.407 e. The minimum absolute atomic E-state index is 0.413. The molecular weight excluding hydrogens is 224 g/mol. The molecule has 0 unspecified atom stereocenters. The van der Waals surface area contributed by atoms with Gasteiger partial charge in [-0.05, 0) is 25.6 Å². The second-order valence-corrected chi connectivity index (χ2v) is 5.30. The summed E-state index contributed by atoms with van der Waals surface area (Å²) < 4.78 is 5.86. The first kappa shape index (κ1) is 11.7. The lowest BCUT2D eigenvalue weighted by molar-refractivity contribution is 0.481. The minimum atomic E-state index is 0.413. The predicted octanol–water partition coefficient (Wildman–Crippen LogP) is 1.49. The predicted molar refractivity (Wildman–Crippen MR) is 65.6 cm³/mol. The Morgan fingerprint density at radius 1 is 1.44 bits per heavy atom. The normalized spacial score (nSPS) is 17.4. The van der Waals surface area contributed by atoms with E-state index >= 15 is 0 Å². The number of hydrogen-bond donors (Lipinski definition) is 2. The van der Waals surface area contributed by atoms with Crippen LogP contribution in [0, 0.1) is 0 Å². The van der Waals surface area contributed by atoms with Gasteiger partial charge in [-0.15, -0.1) is 5.10 Å². The first-order valence-corrected chi connectivity index (χ1v) is 6.82. The van der Waals surface area contributed by atoms with E-state index in [1.54, 1.807) is 0 Å². The van der Waals surface area contributed by atoms with Crippen LogP contribution < -0.4 is 10.6 Å². The summed E-state index contributed by atoms with van der Waals surface area (Å²) in [6.45, 7) is 4.50. The third kappa shape index (κ3) is 2.89. The van der Waals surface area contributed by atoms with Gasteiger partial charge in [-0.3, -0.25) is 0 Å². The molecule has 6 heteroatoms. The molecule has 1 saturated carbocycles. The molecule has 0 bridgehead atoms. The first-order valence-electron chi connectivity index (χ1n) is 5.60. The molecule has 0 spiro atoms. The number of nitrogens with zero attached hydrogens (tertiary/aromatic N) is 2. The van der Waals surface area contributed by atoms with Gasteiger partial charge in [0.15, 0.2) is 0 Å². The number of anilines is 1. The summed E-state index contributed by atoms with van der Waals surface area (Å²) in [6, 6.07) is 0.535. The van der Waals surface area contributed by atoms with E-state index in [9.17, 15) is 0 Å². The molecule has 16 heavy (non-hydrogen) atoms. The van der Waals surface area contributed by atoms with Crippen molar-refractivity contribution in [3.8, 4) is 0 Å². The van der Waals surface area contributed by atoms with Gasteiger partial charge >= 0.3 is 6.01 Å². The molecule has 1 fully saturated rings. The Labute approximate surface area is 99.8 Å². The lowest BCUT2D eigenvalue weighted by Gasteiger charge is -2.10. The van der Waals surface area contributed by atoms with E-state index < -0.39 is 0 Å². The smallest absolute Gasteiger partial charge is 0.315 e. The van der Waals surface area contributed by atoms with Crippen LogP contribution in [0.1, 0.15) is 25.7 Å². The molecule has 90 valence electrons. The van der Waals surface area contributed by atoms with Gasteiger partial charge in [0.2, 0.25) is 5.89 Å². The van der Waals surface area contributed by atoms with E-state index in [1.807, 2.05) is 18.7 Å². The van der Waals surface area contributed by atoms with Crippen LogP contribution in [-0.4, -0.2) is 34.3 Å². The van der Waals surface area contributed by atoms with Crippen LogP contribution in [0.2, 0.25) is 0 Å². The molecule has 0 radical (unpaired) electrons. The lowest BCUT2D eigenvalue weighted by Crippen LogP contribution is -2.17. The van der Waals surface area contributed by atoms with E-state index in [1.165, 1.54) is 12.8 Å². The Balaban J connectivity index is 1.79. The summed E-state index contributed by atoms with van der Waals surface area (Å²) in [5.74, 6) is 0.637. The number of hydrogen-bond acceptors (Lipinski definition) is 6. The van der Waals surface area contributed by atoms with Crippen LogP contribution in [0.3, 0.4) is 0 Å². The zero-order valence-electron chi connectivity index (χ0n) is 9.75. The van der Waals surface area contributed by atoms with Crippen molar-refractivity contribution in [2.24, 2.45) is 0 Å². The SMILES string of the molecule is CCNCc1nnc(NCC2(SC)CC2)o1. The molecule has 0 saturated heterocycles. The van der Waals surface area contributed by atoms with Gasteiger partial charge in [-0.1, -0.05) is 12.0 Å². The van der Waals surface area contributed by atoms with Crippen LogP contribution in [0.15, 0.2) is 4.42 Å². The van der Waals surface area contributed by atoms with E-state index in [-0.39, 0.29) is 0 Å². The molecule has 1 heterocycles. The summed E-state index contributed by atoms with van der Waals surface area (Å²) >= 11 is 1.91. The molecule has 1 aliphatic carbocycles. The molecule has 1 aliphatic rings. The highest BCUT2D eigenvalue weighted by molar-refractivity contribution is 8.00. The van der Waals surface area contributed by atoms with Crippen molar-refractivity contribution >= 4 is 17.8 Å². The maximum absolute atomic E-state index is 5.45. The molecule has 2 N–H and O–H groups in total. The van der Waals surface area contributed by atoms with Crippen molar-refractivity contribution in [3.63, 3.8) is 0 Å². The topological polar surface area (TPSA) is 63.0 Å². The standard InChI is InChI=1S/C10H18N4OS/c1-3-11-6-8-13-14-9(15-8)12-7-10(16-2)4-5-10/h11H,3-7H2,1-2H3,(H,12,14). The maximum Gasteiger partial charge on any atom is 0.315 e. The summed E-state index contributed by atoms with van der Waals surface area (Å²) in [5.41, 5.74) is 0. The molecule has 0 aromatic carbocycles. The fraction of sp³-hybridized carbons (Fsp3) is 0.800. The maximum atomic E-state index is 5.45.